The molecule has 1 aliphatic heterocycles. The van der Waals surface area contributed by atoms with Crippen LogP contribution in [0.4, 0.5) is 0 Å². The maximum Gasteiger partial charge on any atom is 0.326 e. The smallest absolute Gasteiger partial charge is 0.326 e. The van der Waals surface area contributed by atoms with Crippen LogP contribution in [0.15, 0.2) is 29.1 Å². The summed E-state index contributed by atoms with van der Waals surface area (Å²) >= 11 is 0. The number of aromatic nitrogens is 2. The molecule has 0 spiro atoms. The number of likely N-dealkylation sites (tertiary alicyclic amines) is 1. The molecular weight excluding hydrogens is 306 g/mol. The van der Waals surface area contributed by atoms with Gasteiger partial charge in [-0.05, 0) is 44.2 Å². The molecule has 0 atom stereocenters. The van der Waals surface area contributed by atoms with Crippen molar-refractivity contribution in [1.29, 1.82) is 0 Å². The maximum absolute atomic E-state index is 12.7. The van der Waals surface area contributed by atoms with Gasteiger partial charge in [0.2, 0.25) is 0 Å². The fraction of sp³-hybridized carbons (Fsp3) is 0.556. The van der Waals surface area contributed by atoms with E-state index < -0.39 is 5.60 Å². The van der Waals surface area contributed by atoms with Crippen LogP contribution < -0.4 is 5.69 Å². The lowest BCUT2D eigenvalue weighted by Gasteiger charge is -2.44. The first kappa shape index (κ1) is 15.4. The highest BCUT2D eigenvalue weighted by atomic mass is 16.5. The monoisotopic (exact) mass is 329 g/mol. The van der Waals surface area contributed by atoms with Crippen LogP contribution in [-0.2, 0) is 9.53 Å². The number of imidazole rings is 1. The Morgan fingerprint density at radius 1 is 1.25 bits per heavy atom. The minimum atomic E-state index is -0.579. The predicted molar refractivity (Wildman–Crippen MR) is 91.0 cm³/mol. The first-order valence-corrected chi connectivity index (χ1v) is 8.68. The second kappa shape index (κ2) is 5.77. The van der Waals surface area contributed by atoms with Crippen LogP contribution in [0.25, 0.3) is 11.0 Å². The van der Waals surface area contributed by atoms with E-state index in [9.17, 15) is 9.59 Å². The highest BCUT2D eigenvalue weighted by molar-refractivity contribution is 5.86. The fourth-order valence-electron chi connectivity index (χ4n) is 4.06. The number of methoxy groups -OCH3 is 1. The molecule has 0 radical (unpaired) electrons. The first-order chi connectivity index (χ1) is 11.6. The summed E-state index contributed by atoms with van der Waals surface area (Å²) in [6, 6.07) is 7.90. The lowest BCUT2D eigenvalue weighted by Crippen LogP contribution is -2.56. The van der Waals surface area contributed by atoms with Gasteiger partial charge in [-0.1, -0.05) is 12.1 Å². The van der Waals surface area contributed by atoms with Gasteiger partial charge in [-0.2, -0.15) is 0 Å². The molecule has 4 rings (SSSR count). The topological polar surface area (TPSA) is 67.3 Å². The molecule has 1 aromatic carbocycles. The summed E-state index contributed by atoms with van der Waals surface area (Å²) in [5.41, 5.74) is 1.17. The van der Waals surface area contributed by atoms with Crippen LogP contribution in [0.3, 0.4) is 0 Å². The van der Waals surface area contributed by atoms with Gasteiger partial charge in [0.05, 0.1) is 11.0 Å². The molecule has 0 bridgehead atoms. The Balaban J connectivity index is 1.51. The molecule has 1 aromatic heterocycles. The average Bonchev–Trinajstić information content (AvgIpc) is 2.90. The lowest BCUT2D eigenvalue weighted by molar-refractivity contribution is -0.167. The third-order valence-electron chi connectivity index (χ3n) is 5.68. The summed E-state index contributed by atoms with van der Waals surface area (Å²) in [7, 11) is 1.63. The van der Waals surface area contributed by atoms with Gasteiger partial charge in [0.25, 0.3) is 5.91 Å². The molecule has 2 aromatic rings. The van der Waals surface area contributed by atoms with Crippen LogP contribution in [0.5, 0.6) is 0 Å². The van der Waals surface area contributed by atoms with E-state index in [1.165, 1.54) is 0 Å². The number of nitrogens with zero attached hydrogens (tertiary/aromatic N) is 2. The number of carbonyl (C=O) groups is 1. The van der Waals surface area contributed by atoms with Crippen LogP contribution in [0.2, 0.25) is 0 Å². The van der Waals surface area contributed by atoms with Crippen molar-refractivity contribution >= 4 is 16.9 Å². The summed E-state index contributed by atoms with van der Waals surface area (Å²) in [5, 5.41) is 0. The molecule has 24 heavy (non-hydrogen) atoms. The number of ether oxygens (including phenoxy) is 1. The third-order valence-corrected chi connectivity index (χ3v) is 5.68. The predicted octanol–water partition coefficient (Wildman–Crippen LogP) is 2.06. The quantitative estimate of drug-likeness (QED) is 0.937. The maximum atomic E-state index is 12.7. The molecule has 1 aliphatic carbocycles. The summed E-state index contributed by atoms with van der Waals surface area (Å²) in [6.07, 6.45) is 4.30. The fourth-order valence-corrected chi connectivity index (χ4v) is 4.06. The number of benzene rings is 1. The van der Waals surface area contributed by atoms with Crippen molar-refractivity contribution < 1.29 is 9.53 Å². The van der Waals surface area contributed by atoms with Gasteiger partial charge in [0.1, 0.15) is 5.60 Å². The Kier molecular flexibility index (Phi) is 3.72. The number of hydrogen-bond donors (Lipinski definition) is 1. The van der Waals surface area contributed by atoms with Gasteiger partial charge >= 0.3 is 5.69 Å². The Morgan fingerprint density at radius 2 is 1.96 bits per heavy atom. The van der Waals surface area contributed by atoms with E-state index in [4.69, 9.17) is 4.74 Å². The second-order valence-electron chi connectivity index (χ2n) is 6.89. The number of carbonyl (C=O) groups excluding carboxylic acids is 1. The molecule has 1 saturated heterocycles. The van der Waals surface area contributed by atoms with Crippen molar-refractivity contribution in [3.05, 3.63) is 34.7 Å². The number of rotatable bonds is 3. The van der Waals surface area contributed by atoms with Crippen molar-refractivity contribution in [3.63, 3.8) is 0 Å². The van der Waals surface area contributed by atoms with Crippen molar-refractivity contribution in [1.82, 2.24) is 14.5 Å². The second-order valence-corrected chi connectivity index (χ2v) is 6.89. The Hall–Kier alpha value is -2.08. The van der Waals surface area contributed by atoms with E-state index >= 15 is 0 Å². The van der Waals surface area contributed by atoms with Crippen molar-refractivity contribution in [3.8, 4) is 0 Å². The Labute approximate surface area is 140 Å². The summed E-state index contributed by atoms with van der Waals surface area (Å²) < 4.78 is 7.37. The molecule has 2 heterocycles. The van der Waals surface area contributed by atoms with E-state index in [1.807, 2.05) is 33.7 Å². The van der Waals surface area contributed by atoms with Gasteiger partial charge in [0.15, 0.2) is 0 Å². The number of piperidine rings is 1. The zero-order chi connectivity index (χ0) is 16.7. The highest BCUT2D eigenvalue weighted by Crippen LogP contribution is 2.38. The number of hydrogen-bond acceptors (Lipinski definition) is 3. The number of fused-ring (bicyclic) bond motifs is 1. The molecule has 1 saturated carbocycles. The van der Waals surface area contributed by atoms with Gasteiger partial charge in [-0.3, -0.25) is 9.36 Å². The van der Waals surface area contributed by atoms with Gasteiger partial charge in [0, 0.05) is 26.2 Å². The number of amides is 1. The molecule has 0 unspecified atom stereocenters. The van der Waals surface area contributed by atoms with Gasteiger partial charge in [-0.15, -0.1) is 0 Å². The zero-order valence-corrected chi connectivity index (χ0v) is 14.0. The number of H-pyrrole nitrogens is 1. The molecule has 6 nitrogen and oxygen atoms in total. The van der Waals surface area contributed by atoms with E-state index in [-0.39, 0.29) is 17.6 Å². The number of nitrogens with one attached hydrogen (secondary N) is 1. The van der Waals surface area contributed by atoms with Crippen LogP contribution >= 0.6 is 0 Å². The third kappa shape index (κ3) is 2.28. The molecule has 2 aliphatic rings. The minimum absolute atomic E-state index is 0.0617. The number of aromatic amines is 1. The molecule has 1 N–H and O–H groups in total. The molecule has 6 heteroatoms. The van der Waals surface area contributed by atoms with Crippen molar-refractivity contribution in [2.45, 2.75) is 43.7 Å². The average molecular weight is 329 g/mol. The SMILES string of the molecule is COC1(C(=O)N2CCC(n3c(=O)[nH]c4ccccc43)CC2)CCC1. The van der Waals surface area contributed by atoms with E-state index in [0.717, 1.165) is 43.1 Å². The summed E-state index contributed by atoms with van der Waals surface area (Å²) in [5.74, 6) is 0.126. The molecular formula is C18H23N3O3. The molecule has 1 amide bonds. The van der Waals surface area contributed by atoms with E-state index in [1.54, 1.807) is 7.11 Å². The largest absolute Gasteiger partial charge is 0.368 e. The standard InChI is InChI=1S/C18H23N3O3/c1-24-18(9-4-10-18)16(22)20-11-7-13(8-12-20)21-15-6-3-2-5-14(15)19-17(21)23/h2-3,5-6,13H,4,7-12H2,1H3,(H,19,23). The summed E-state index contributed by atoms with van der Waals surface area (Å²) in [4.78, 5) is 29.9. The van der Waals surface area contributed by atoms with E-state index in [2.05, 4.69) is 4.98 Å². The van der Waals surface area contributed by atoms with Crippen molar-refractivity contribution in [2.24, 2.45) is 0 Å². The minimum Gasteiger partial charge on any atom is -0.368 e. The molecule has 2 fully saturated rings. The van der Waals surface area contributed by atoms with Gasteiger partial charge < -0.3 is 14.6 Å². The van der Waals surface area contributed by atoms with Gasteiger partial charge in [-0.25, -0.2) is 4.79 Å². The van der Waals surface area contributed by atoms with Crippen molar-refractivity contribution in [2.75, 3.05) is 20.2 Å². The highest BCUT2D eigenvalue weighted by Gasteiger charge is 2.47. The first-order valence-electron chi connectivity index (χ1n) is 8.68. The Morgan fingerprint density at radius 3 is 2.58 bits per heavy atom. The molecule has 128 valence electrons. The van der Waals surface area contributed by atoms with Crippen LogP contribution in [-0.4, -0.2) is 46.2 Å². The van der Waals surface area contributed by atoms with E-state index in [0.29, 0.717) is 13.1 Å². The van der Waals surface area contributed by atoms with Crippen LogP contribution in [0.1, 0.15) is 38.1 Å². The lowest BCUT2D eigenvalue weighted by atomic mass is 9.78. The zero-order valence-electron chi connectivity index (χ0n) is 14.0. The Bertz CT molecular complexity index is 805. The summed E-state index contributed by atoms with van der Waals surface area (Å²) in [6.45, 7) is 1.36. The normalized spacial score (nSPS) is 21.0. The number of para-hydroxylation sites is 2. The van der Waals surface area contributed by atoms with Crippen LogP contribution in [0, 0.1) is 0 Å².